The van der Waals surface area contributed by atoms with Gasteiger partial charge in [0.15, 0.2) is 0 Å². The van der Waals surface area contributed by atoms with E-state index < -0.39 is 0 Å². The summed E-state index contributed by atoms with van der Waals surface area (Å²) < 4.78 is 5.81. The van der Waals surface area contributed by atoms with Crippen LogP contribution >= 0.6 is 0 Å². The van der Waals surface area contributed by atoms with Gasteiger partial charge in [-0.25, -0.2) is 0 Å². The van der Waals surface area contributed by atoms with Crippen molar-refractivity contribution < 1.29 is 4.74 Å². The highest BCUT2D eigenvalue weighted by molar-refractivity contribution is 5.52. The maximum atomic E-state index is 6.24. The number of nitrogens with zero attached hydrogens (tertiary/aromatic N) is 1. The molecular weight excluding hydrogens is 286 g/mol. The van der Waals surface area contributed by atoms with Gasteiger partial charge in [0.05, 0.1) is 6.04 Å². The molecule has 0 aromatic heterocycles. The highest BCUT2D eigenvalue weighted by atomic mass is 16.5. The van der Waals surface area contributed by atoms with Crippen LogP contribution in [-0.4, -0.2) is 32.1 Å². The van der Waals surface area contributed by atoms with Crippen LogP contribution in [0.1, 0.15) is 29.6 Å². The van der Waals surface area contributed by atoms with Crippen LogP contribution in [-0.2, 0) is 0 Å². The third kappa shape index (κ3) is 3.84. The van der Waals surface area contributed by atoms with Crippen molar-refractivity contribution >= 4 is 5.69 Å². The van der Waals surface area contributed by atoms with Gasteiger partial charge in [-0.15, -0.1) is 0 Å². The molecule has 4 nitrogen and oxygen atoms in total. The minimum atomic E-state index is 0.114. The molecule has 4 heteroatoms. The van der Waals surface area contributed by atoms with Crippen LogP contribution < -0.4 is 15.8 Å². The predicted octanol–water partition coefficient (Wildman–Crippen LogP) is 3.18. The Morgan fingerprint density at radius 2 is 1.91 bits per heavy atom. The molecule has 0 fully saturated rings. The Kier molecular flexibility index (Phi) is 4.84. The fraction of sp³-hybridized carbons (Fsp3) is 0.368. The number of nitrogens with one attached hydrogen (secondary N) is 1. The van der Waals surface area contributed by atoms with Crippen molar-refractivity contribution in [2.24, 2.45) is 5.73 Å². The number of hydrogen-bond acceptors (Lipinski definition) is 4. The third-order valence-electron chi connectivity index (χ3n) is 4.24. The van der Waals surface area contributed by atoms with E-state index in [0.29, 0.717) is 6.61 Å². The van der Waals surface area contributed by atoms with Gasteiger partial charge in [-0.1, -0.05) is 30.3 Å². The standard InChI is InChI=1S/C19H25N3O/c1-22(2)10-11-23-15-7-5-6-14(12-15)21-19-13-18(20)16-8-3-4-9-17(16)19/h3-9,12,18-19,21H,10-11,13,20H2,1-2H3. The van der Waals surface area contributed by atoms with Gasteiger partial charge in [0.1, 0.15) is 12.4 Å². The Morgan fingerprint density at radius 3 is 2.70 bits per heavy atom. The first-order valence-electron chi connectivity index (χ1n) is 8.12. The minimum Gasteiger partial charge on any atom is -0.492 e. The molecule has 0 radical (unpaired) electrons. The summed E-state index contributed by atoms with van der Waals surface area (Å²) in [6.45, 7) is 1.59. The van der Waals surface area contributed by atoms with E-state index in [-0.39, 0.29) is 12.1 Å². The van der Waals surface area contributed by atoms with E-state index in [0.717, 1.165) is 24.4 Å². The molecule has 23 heavy (non-hydrogen) atoms. The maximum Gasteiger partial charge on any atom is 0.121 e. The number of anilines is 1. The van der Waals surface area contributed by atoms with E-state index in [1.165, 1.54) is 11.1 Å². The lowest BCUT2D eigenvalue weighted by atomic mass is 10.1. The van der Waals surface area contributed by atoms with Gasteiger partial charge < -0.3 is 20.7 Å². The molecule has 3 rings (SSSR count). The molecule has 2 unspecified atom stereocenters. The van der Waals surface area contributed by atoms with Gasteiger partial charge in [0.2, 0.25) is 0 Å². The van der Waals surface area contributed by atoms with Crippen molar-refractivity contribution in [1.29, 1.82) is 0 Å². The quantitative estimate of drug-likeness (QED) is 0.860. The molecule has 1 aliphatic rings. The summed E-state index contributed by atoms with van der Waals surface area (Å²) in [7, 11) is 4.09. The Bertz CT molecular complexity index is 657. The molecule has 0 saturated heterocycles. The Labute approximate surface area is 138 Å². The van der Waals surface area contributed by atoms with Crippen LogP contribution in [0.4, 0.5) is 5.69 Å². The molecule has 0 spiro atoms. The van der Waals surface area contributed by atoms with Crippen molar-refractivity contribution in [3.05, 3.63) is 59.7 Å². The van der Waals surface area contributed by atoms with Gasteiger partial charge in [0.25, 0.3) is 0 Å². The Balaban J connectivity index is 1.67. The largest absolute Gasteiger partial charge is 0.492 e. The van der Waals surface area contributed by atoms with Crippen LogP contribution in [0.3, 0.4) is 0 Å². The second kappa shape index (κ2) is 7.02. The molecule has 1 aliphatic carbocycles. The zero-order chi connectivity index (χ0) is 16.2. The van der Waals surface area contributed by atoms with Crippen LogP contribution in [0.25, 0.3) is 0 Å². The van der Waals surface area contributed by atoms with Gasteiger partial charge in [-0.3, -0.25) is 0 Å². The minimum absolute atomic E-state index is 0.114. The molecule has 0 saturated carbocycles. The fourth-order valence-electron chi connectivity index (χ4n) is 3.03. The van der Waals surface area contributed by atoms with E-state index in [9.17, 15) is 0 Å². The lowest BCUT2D eigenvalue weighted by Gasteiger charge is -2.17. The SMILES string of the molecule is CN(C)CCOc1cccc(NC2CC(N)c3ccccc32)c1. The van der Waals surface area contributed by atoms with Crippen LogP contribution in [0, 0.1) is 0 Å². The lowest BCUT2D eigenvalue weighted by Crippen LogP contribution is -2.19. The monoisotopic (exact) mass is 311 g/mol. The lowest BCUT2D eigenvalue weighted by molar-refractivity contribution is 0.261. The molecular formula is C19H25N3O. The Morgan fingerprint density at radius 1 is 1.13 bits per heavy atom. The molecule has 2 aromatic carbocycles. The molecule has 0 aliphatic heterocycles. The summed E-state index contributed by atoms with van der Waals surface area (Å²) in [6.07, 6.45) is 0.922. The smallest absolute Gasteiger partial charge is 0.121 e. The highest BCUT2D eigenvalue weighted by Gasteiger charge is 2.27. The van der Waals surface area contributed by atoms with Gasteiger partial charge in [0, 0.05) is 24.3 Å². The second-order valence-corrected chi connectivity index (χ2v) is 6.35. The van der Waals surface area contributed by atoms with Crippen molar-refractivity contribution in [3.63, 3.8) is 0 Å². The summed E-state index contributed by atoms with van der Waals surface area (Å²) in [6, 6.07) is 16.9. The Hall–Kier alpha value is -2.04. The molecule has 3 N–H and O–H groups in total. The molecule has 2 atom stereocenters. The van der Waals surface area contributed by atoms with E-state index >= 15 is 0 Å². The number of benzene rings is 2. The molecule has 0 heterocycles. The second-order valence-electron chi connectivity index (χ2n) is 6.35. The number of likely N-dealkylation sites (N-methyl/N-ethyl adjacent to an activating group) is 1. The summed E-state index contributed by atoms with van der Waals surface area (Å²) in [5.74, 6) is 0.896. The first kappa shape index (κ1) is 15.8. The maximum absolute atomic E-state index is 6.24. The third-order valence-corrected chi connectivity index (χ3v) is 4.24. The van der Waals surface area contributed by atoms with Crippen LogP contribution in [0.2, 0.25) is 0 Å². The average molecular weight is 311 g/mol. The highest BCUT2D eigenvalue weighted by Crippen LogP contribution is 2.39. The number of fused-ring (bicyclic) bond motifs is 1. The van der Waals surface area contributed by atoms with Crippen LogP contribution in [0.15, 0.2) is 48.5 Å². The number of ether oxygens (including phenoxy) is 1. The van der Waals surface area contributed by atoms with E-state index in [1.54, 1.807) is 0 Å². The molecule has 0 bridgehead atoms. The van der Waals surface area contributed by atoms with Crippen LogP contribution in [0.5, 0.6) is 5.75 Å². The van der Waals surface area contributed by atoms with Gasteiger partial charge >= 0.3 is 0 Å². The van der Waals surface area contributed by atoms with Crippen molar-refractivity contribution in [2.45, 2.75) is 18.5 Å². The average Bonchev–Trinajstić information content (AvgIpc) is 2.84. The first-order valence-corrected chi connectivity index (χ1v) is 8.12. The summed E-state index contributed by atoms with van der Waals surface area (Å²) >= 11 is 0. The summed E-state index contributed by atoms with van der Waals surface area (Å²) in [5.41, 5.74) is 9.87. The van der Waals surface area contributed by atoms with Crippen molar-refractivity contribution in [2.75, 3.05) is 32.6 Å². The molecule has 2 aromatic rings. The number of hydrogen-bond donors (Lipinski definition) is 2. The number of rotatable bonds is 6. The zero-order valence-electron chi connectivity index (χ0n) is 13.8. The first-order chi connectivity index (χ1) is 11.1. The fourth-order valence-corrected chi connectivity index (χ4v) is 3.03. The van der Waals surface area contributed by atoms with E-state index in [1.807, 2.05) is 26.2 Å². The van der Waals surface area contributed by atoms with Crippen molar-refractivity contribution in [1.82, 2.24) is 4.90 Å². The number of nitrogens with two attached hydrogens (primary N) is 1. The topological polar surface area (TPSA) is 50.5 Å². The molecule has 122 valence electrons. The summed E-state index contributed by atoms with van der Waals surface area (Å²) in [5, 5.41) is 3.60. The van der Waals surface area contributed by atoms with Gasteiger partial charge in [-0.2, -0.15) is 0 Å². The van der Waals surface area contributed by atoms with Crippen molar-refractivity contribution in [3.8, 4) is 5.75 Å². The normalized spacial score (nSPS) is 19.7. The summed E-state index contributed by atoms with van der Waals surface area (Å²) in [4.78, 5) is 2.11. The van der Waals surface area contributed by atoms with Gasteiger partial charge in [-0.05, 0) is 43.8 Å². The van der Waals surface area contributed by atoms with E-state index in [2.05, 4.69) is 46.6 Å². The predicted molar refractivity (Wildman–Crippen MR) is 94.8 cm³/mol. The zero-order valence-corrected chi connectivity index (χ0v) is 13.8. The van der Waals surface area contributed by atoms with E-state index in [4.69, 9.17) is 10.5 Å². The molecule has 0 amide bonds.